The summed E-state index contributed by atoms with van der Waals surface area (Å²) in [7, 11) is 1.92. The van der Waals surface area contributed by atoms with Crippen LogP contribution in [0.4, 0.5) is 0 Å². The number of likely N-dealkylation sites (tertiary alicyclic amines) is 2. The van der Waals surface area contributed by atoms with Gasteiger partial charge in [0.05, 0.1) is 5.41 Å². The second-order valence-electron chi connectivity index (χ2n) is 8.20. The van der Waals surface area contributed by atoms with Crippen LogP contribution >= 0.6 is 0 Å². The van der Waals surface area contributed by atoms with Crippen molar-refractivity contribution in [3.8, 4) is 0 Å². The van der Waals surface area contributed by atoms with Crippen molar-refractivity contribution in [2.24, 2.45) is 11.1 Å². The molecule has 2 aromatic rings. The normalized spacial score (nSPS) is 23.6. The first-order valence-corrected chi connectivity index (χ1v) is 9.74. The number of nitrogens with two attached hydrogens (primary N) is 1. The summed E-state index contributed by atoms with van der Waals surface area (Å²) in [6, 6.07) is 8.18. The minimum Gasteiger partial charge on any atom is -0.368 e. The minimum absolute atomic E-state index is 0.194. The first-order chi connectivity index (χ1) is 12.9. The average molecular weight is 368 g/mol. The molecular weight excluding hydrogens is 340 g/mol. The standard InChI is InChI=1S/C21H28N4O2/c1-15-17(16-6-3-4-7-18(16)25(15)13-19(22)26)12-24-11-9-21(14-24)8-5-10-23(2)20(21)27/h3-4,6-7H,5,8-14H2,1-2H3,(H2,22,26)/t21-/m0/s1. The van der Waals surface area contributed by atoms with Crippen LogP contribution in [0.5, 0.6) is 0 Å². The van der Waals surface area contributed by atoms with Crippen LogP contribution in [0, 0.1) is 12.3 Å². The van der Waals surface area contributed by atoms with Gasteiger partial charge in [0.1, 0.15) is 6.54 Å². The maximum atomic E-state index is 12.8. The molecular formula is C21H28N4O2. The highest BCUT2D eigenvalue weighted by Crippen LogP contribution is 2.40. The zero-order valence-electron chi connectivity index (χ0n) is 16.2. The van der Waals surface area contributed by atoms with Crippen LogP contribution in [0.25, 0.3) is 10.9 Å². The summed E-state index contributed by atoms with van der Waals surface area (Å²) < 4.78 is 2.01. The fourth-order valence-electron chi connectivity index (χ4n) is 5.03. The molecule has 1 atom stereocenters. The van der Waals surface area contributed by atoms with Crippen LogP contribution in [0.2, 0.25) is 0 Å². The molecule has 0 saturated carbocycles. The molecule has 2 saturated heterocycles. The molecule has 2 amide bonds. The highest BCUT2D eigenvalue weighted by Gasteiger charge is 2.47. The molecule has 144 valence electrons. The number of carbonyl (C=O) groups excluding carboxylic acids is 2. The Bertz CT molecular complexity index is 903. The van der Waals surface area contributed by atoms with E-state index in [1.165, 1.54) is 10.9 Å². The molecule has 4 rings (SSSR count). The number of para-hydroxylation sites is 1. The molecule has 3 heterocycles. The fourth-order valence-corrected chi connectivity index (χ4v) is 5.03. The Balaban J connectivity index is 1.62. The number of nitrogens with zero attached hydrogens (tertiary/aromatic N) is 3. The fraction of sp³-hybridized carbons (Fsp3) is 0.524. The van der Waals surface area contributed by atoms with Crippen molar-refractivity contribution < 1.29 is 9.59 Å². The first-order valence-electron chi connectivity index (χ1n) is 9.74. The topological polar surface area (TPSA) is 71.6 Å². The Labute approximate surface area is 159 Å². The summed E-state index contributed by atoms with van der Waals surface area (Å²) in [6.45, 7) is 5.69. The third kappa shape index (κ3) is 3.02. The molecule has 2 fully saturated rings. The van der Waals surface area contributed by atoms with E-state index in [0.29, 0.717) is 5.91 Å². The van der Waals surface area contributed by atoms with E-state index in [0.717, 1.165) is 56.7 Å². The lowest BCUT2D eigenvalue weighted by Crippen LogP contribution is -2.48. The molecule has 2 aliphatic heterocycles. The highest BCUT2D eigenvalue weighted by atomic mass is 16.2. The van der Waals surface area contributed by atoms with Crippen molar-refractivity contribution in [3.05, 3.63) is 35.5 Å². The lowest BCUT2D eigenvalue weighted by atomic mass is 9.78. The Morgan fingerprint density at radius 3 is 2.78 bits per heavy atom. The number of primary amides is 1. The summed E-state index contributed by atoms with van der Waals surface area (Å²) in [5.74, 6) is -0.0227. The number of carbonyl (C=O) groups is 2. The van der Waals surface area contributed by atoms with Crippen molar-refractivity contribution in [2.75, 3.05) is 26.7 Å². The molecule has 2 N–H and O–H groups in total. The van der Waals surface area contributed by atoms with E-state index in [1.807, 2.05) is 34.7 Å². The van der Waals surface area contributed by atoms with Gasteiger partial charge in [0, 0.05) is 43.3 Å². The van der Waals surface area contributed by atoms with Crippen molar-refractivity contribution in [3.63, 3.8) is 0 Å². The number of aromatic nitrogens is 1. The molecule has 27 heavy (non-hydrogen) atoms. The van der Waals surface area contributed by atoms with E-state index < -0.39 is 0 Å². The number of hydrogen-bond acceptors (Lipinski definition) is 3. The molecule has 2 aliphatic rings. The summed E-state index contributed by atoms with van der Waals surface area (Å²) in [6.07, 6.45) is 3.03. The number of rotatable bonds is 4. The predicted octanol–water partition coefficient (Wildman–Crippen LogP) is 1.88. The SMILES string of the molecule is Cc1c(CN2CC[C@@]3(CCCN(C)C3=O)C2)c2ccccc2n1CC(N)=O. The molecule has 0 aliphatic carbocycles. The van der Waals surface area contributed by atoms with Crippen LogP contribution in [0.3, 0.4) is 0 Å². The van der Waals surface area contributed by atoms with E-state index >= 15 is 0 Å². The first kappa shape index (κ1) is 18.0. The number of amides is 2. The Kier molecular flexibility index (Phi) is 4.46. The molecule has 0 unspecified atom stereocenters. The van der Waals surface area contributed by atoms with Crippen molar-refractivity contribution >= 4 is 22.7 Å². The quantitative estimate of drug-likeness (QED) is 0.896. The molecule has 6 nitrogen and oxygen atoms in total. The van der Waals surface area contributed by atoms with Gasteiger partial charge in [0.2, 0.25) is 11.8 Å². The largest absolute Gasteiger partial charge is 0.368 e. The van der Waals surface area contributed by atoms with Crippen molar-refractivity contribution in [1.29, 1.82) is 0 Å². The van der Waals surface area contributed by atoms with Crippen LogP contribution in [0.1, 0.15) is 30.5 Å². The second kappa shape index (κ2) is 6.68. The van der Waals surface area contributed by atoms with Gasteiger partial charge in [-0.15, -0.1) is 0 Å². The molecule has 1 aromatic heterocycles. The third-order valence-electron chi connectivity index (χ3n) is 6.44. The van der Waals surface area contributed by atoms with Crippen LogP contribution in [-0.2, 0) is 22.7 Å². The van der Waals surface area contributed by atoms with Gasteiger partial charge >= 0.3 is 0 Å². The van der Waals surface area contributed by atoms with Crippen molar-refractivity contribution in [1.82, 2.24) is 14.4 Å². The van der Waals surface area contributed by atoms with Crippen molar-refractivity contribution in [2.45, 2.75) is 39.3 Å². The van der Waals surface area contributed by atoms with E-state index in [4.69, 9.17) is 5.73 Å². The van der Waals surface area contributed by atoms with E-state index in [2.05, 4.69) is 17.9 Å². The van der Waals surface area contributed by atoms with E-state index in [9.17, 15) is 9.59 Å². The Morgan fingerprint density at radius 2 is 2.00 bits per heavy atom. The van der Waals surface area contributed by atoms with Gasteiger partial charge in [-0.05, 0) is 44.4 Å². The van der Waals surface area contributed by atoms with Crippen LogP contribution in [-0.4, -0.2) is 52.9 Å². The average Bonchev–Trinajstić information content (AvgIpc) is 3.15. The number of fused-ring (bicyclic) bond motifs is 1. The van der Waals surface area contributed by atoms with Gasteiger partial charge in [-0.2, -0.15) is 0 Å². The lowest BCUT2D eigenvalue weighted by molar-refractivity contribution is -0.144. The van der Waals surface area contributed by atoms with Gasteiger partial charge < -0.3 is 15.2 Å². The summed E-state index contributed by atoms with van der Waals surface area (Å²) in [4.78, 5) is 28.6. The summed E-state index contributed by atoms with van der Waals surface area (Å²) >= 11 is 0. The highest BCUT2D eigenvalue weighted by molar-refractivity contribution is 5.87. The maximum Gasteiger partial charge on any atom is 0.237 e. The molecule has 0 bridgehead atoms. The van der Waals surface area contributed by atoms with Gasteiger partial charge in [-0.3, -0.25) is 14.5 Å². The van der Waals surface area contributed by atoms with Gasteiger partial charge in [-0.25, -0.2) is 0 Å². The van der Waals surface area contributed by atoms with Crippen LogP contribution in [0.15, 0.2) is 24.3 Å². The molecule has 0 radical (unpaired) electrons. The number of piperidine rings is 1. The zero-order valence-corrected chi connectivity index (χ0v) is 16.2. The van der Waals surface area contributed by atoms with Gasteiger partial charge in [0.15, 0.2) is 0 Å². The third-order valence-corrected chi connectivity index (χ3v) is 6.44. The van der Waals surface area contributed by atoms with E-state index in [1.54, 1.807) is 0 Å². The lowest BCUT2D eigenvalue weighted by Gasteiger charge is -2.37. The molecule has 6 heteroatoms. The number of benzene rings is 1. The summed E-state index contributed by atoms with van der Waals surface area (Å²) in [5.41, 5.74) is 8.63. The van der Waals surface area contributed by atoms with E-state index in [-0.39, 0.29) is 17.9 Å². The van der Waals surface area contributed by atoms with Gasteiger partial charge in [-0.1, -0.05) is 18.2 Å². The minimum atomic E-state index is -0.332. The smallest absolute Gasteiger partial charge is 0.237 e. The molecule has 1 spiro atoms. The monoisotopic (exact) mass is 368 g/mol. The van der Waals surface area contributed by atoms with Crippen LogP contribution < -0.4 is 5.73 Å². The predicted molar refractivity (Wildman–Crippen MR) is 105 cm³/mol. The summed E-state index contributed by atoms with van der Waals surface area (Å²) in [5, 5.41) is 1.17. The zero-order chi connectivity index (χ0) is 19.2. The maximum absolute atomic E-state index is 12.8. The Morgan fingerprint density at radius 1 is 1.22 bits per heavy atom. The number of hydrogen-bond donors (Lipinski definition) is 1. The van der Waals surface area contributed by atoms with Gasteiger partial charge in [0.25, 0.3) is 0 Å². The molecule has 1 aromatic carbocycles. The Hall–Kier alpha value is -2.34. The second-order valence-corrected chi connectivity index (χ2v) is 8.20.